The van der Waals surface area contributed by atoms with Crippen LogP contribution in [0.25, 0.3) is 11.2 Å². The molecule has 0 aliphatic carbocycles. The molecule has 0 fully saturated rings. The van der Waals surface area contributed by atoms with Crippen molar-refractivity contribution in [1.29, 1.82) is 0 Å². The monoisotopic (exact) mass is 221 g/mol. The lowest BCUT2D eigenvalue weighted by Gasteiger charge is -2.03. The minimum atomic E-state index is 0.425. The van der Waals surface area contributed by atoms with Crippen LogP contribution >= 0.6 is 0 Å². The lowest BCUT2D eigenvalue weighted by atomic mass is 10.4. The first-order chi connectivity index (χ1) is 7.83. The lowest BCUT2D eigenvalue weighted by Crippen LogP contribution is -2.03. The van der Waals surface area contributed by atoms with Crippen molar-refractivity contribution in [3.8, 4) is 0 Å². The fourth-order valence-corrected chi connectivity index (χ4v) is 1.54. The molecule has 2 heterocycles. The van der Waals surface area contributed by atoms with Gasteiger partial charge in [0, 0.05) is 19.8 Å². The smallest absolute Gasteiger partial charge is 0.165 e. The van der Waals surface area contributed by atoms with Gasteiger partial charge in [0.25, 0.3) is 0 Å². The van der Waals surface area contributed by atoms with Crippen LogP contribution in [0.3, 0.4) is 0 Å². The van der Waals surface area contributed by atoms with Crippen LogP contribution in [0.15, 0.2) is 12.7 Å². The highest BCUT2D eigenvalue weighted by molar-refractivity contribution is 5.80. The second kappa shape index (κ2) is 4.89. The van der Waals surface area contributed by atoms with Gasteiger partial charge in [0.2, 0.25) is 0 Å². The van der Waals surface area contributed by atoms with Crippen LogP contribution in [0.1, 0.15) is 13.3 Å². The van der Waals surface area contributed by atoms with Crippen molar-refractivity contribution in [2.45, 2.75) is 19.9 Å². The van der Waals surface area contributed by atoms with Gasteiger partial charge in [-0.15, -0.1) is 0 Å². The fraction of sp³-hybridized carbons (Fsp3) is 0.500. The quantitative estimate of drug-likeness (QED) is 0.757. The molecular formula is C10H15N5O. The van der Waals surface area contributed by atoms with Crippen LogP contribution < -0.4 is 5.73 Å². The second-order valence-electron chi connectivity index (χ2n) is 3.42. The average molecular weight is 221 g/mol. The largest absolute Gasteiger partial charge is 0.382 e. The zero-order chi connectivity index (χ0) is 11.4. The first-order valence-corrected chi connectivity index (χ1v) is 5.32. The topological polar surface area (TPSA) is 78.9 Å². The predicted octanol–water partition coefficient (Wildman–Crippen LogP) is 0.835. The normalized spacial score (nSPS) is 11.1. The number of ether oxygens (including phenoxy) is 1. The predicted molar refractivity (Wildman–Crippen MR) is 60.8 cm³/mol. The van der Waals surface area contributed by atoms with Crippen LogP contribution in [0.4, 0.5) is 5.82 Å². The van der Waals surface area contributed by atoms with E-state index in [9.17, 15) is 0 Å². The minimum Gasteiger partial charge on any atom is -0.382 e. The Morgan fingerprint density at radius 1 is 1.38 bits per heavy atom. The van der Waals surface area contributed by atoms with Crippen LogP contribution in [-0.2, 0) is 11.3 Å². The number of fused-ring (bicyclic) bond motifs is 1. The summed E-state index contributed by atoms with van der Waals surface area (Å²) in [5.41, 5.74) is 7.14. The van der Waals surface area contributed by atoms with E-state index >= 15 is 0 Å². The van der Waals surface area contributed by atoms with Crippen LogP contribution in [0.2, 0.25) is 0 Å². The molecule has 0 spiro atoms. The molecular weight excluding hydrogens is 206 g/mol. The van der Waals surface area contributed by atoms with Gasteiger partial charge in [-0.05, 0) is 13.3 Å². The number of aryl methyl sites for hydroxylation is 1. The summed E-state index contributed by atoms with van der Waals surface area (Å²) in [6, 6.07) is 0. The zero-order valence-electron chi connectivity index (χ0n) is 9.26. The Hall–Kier alpha value is -1.69. The third-order valence-electron chi connectivity index (χ3n) is 2.32. The Morgan fingerprint density at radius 2 is 2.25 bits per heavy atom. The van der Waals surface area contributed by atoms with Gasteiger partial charge in [0.05, 0.1) is 6.33 Å². The number of hydrogen-bond acceptors (Lipinski definition) is 5. The highest BCUT2D eigenvalue weighted by Gasteiger charge is 2.06. The Kier molecular flexibility index (Phi) is 3.31. The van der Waals surface area contributed by atoms with Crippen LogP contribution in [0, 0.1) is 0 Å². The molecule has 16 heavy (non-hydrogen) atoms. The van der Waals surface area contributed by atoms with E-state index in [1.165, 1.54) is 6.33 Å². The summed E-state index contributed by atoms with van der Waals surface area (Å²) in [7, 11) is 0. The maximum Gasteiger partial charge on any atom is 0.165 e. The Balaban J connectivity index is 2.10. The molecule has 0 bridgehead atoms. The van der Waals surface area contributed by atoms with Gasteiger partial charge in [-0.2, -0.15) is 0 Å². The van der Waals surface area contributed by atoms with Crippen molar-refractivity contribution in [2.24, 2.45) is 0 Å². The number of nitrogens with two attached hydrogens (primary N) is 1. The SMILES string of the molecule is CCOCCCn1cnc2c(N)ncnc21. The third kappa shape index (κ3) is 2.11. The third-order valence-corrected chi connectivity index (χ3v) is 2.32. The van der Waals surface area contributed by atoms with E-state index in [0.717, 1.165) is 31.8 Å². The van der Waals surface area contributed by atoms with Gasteiger partial charge in [0.15, 0.2) is 11.5 Å². The van der Waals surface area contributed by atoms with Gasteiger partial charge in [-0.25, -0.2) is 15.0 Å². The van der Waals surface area contributed by atoms with Crippen molar-refractivity contribution < 1.29 is 4.74 Å². The molecule has 0 aromatic carbocycles. The summed E-state index contributed by atoms with van der Waals surface area (Å²) in [5.74, 6) is 0.425. The fourth-order valence-electron chi connectivity index (χ4n) is 1.54. The summed E-state index contributed by atoms with van der Waals surface area (Å²) in [4.78, 5) is 12.3. The van der Waals surface area contributed by atoms with E-state index in [4.69, 9.17) is 10.5 Å². The van der Waals surface area contributed by atoms with E-state index in [2.05, 4.69) is 15.0 Å². The Labute approximate surface area is 93.5 Å². The van der Waals surface area contributed by atoms with Gasteiger partial charge < -0.3 is 15.0 Å². The van der Waals surface area contributed by atoms with Gasteiger partial charge in [-0.1, -0.05) is 0 Å². The van der Waals surface area contributed by atoms with Crippen molar-refractivity contribution in [3.05, 3.63) is 12.7 Å². The highest BCUT2D eigenvalue weighted by Crippen LogP contribution is 2.14. The number of aromatic nitrogens is 4. The summed E-state index contributed by atoms with van der Waals surface area (Å²) in [5, 5.41) is 0. The van der Waals surface area contributed by atoms with Crippen molar-refractivity contribution in [2.75, 3.05) is 18.9 Å². The zero-order valence-corrected chi connectivity index (χ0v) is 9.26. The maximum absolute atomic E-state index is 5.69. The van der Waals surface area contributed by atoms with Gasteiger partial charge in [-0.3, -0.25) is 0 Å². The molecule has 86 valence electrons. The molecule has 2 N–H and O–H groups in total. The molecule has 0 saturated carbocycles. The molecule has 0 aliphatic heterocycles. The molecule has 0 aliphatic rings. The number of hydrogen-bond donors (Lipinski definition) is 1. The molecule has 0 atom stereocenters. The highest BCUT2D eigenvalue weighted by atomic mass is 16.5. The maximum atomic E-state index is 5.69. The van der Waals surface area contributed by atoms with Crippen molar-refractivity contribution >= 4 is 17.0 Å². The van der Waals surface area contributed by atoms with Gasteiger partial charge >= 0.3 is 0 Å². The van der Waals surface area contributed by atoms with E-state index in [1.807, 2.05) is 11.5 Å². The van der Waals surface area contributed by atoms with E-state index in [1.54, 1.807) is 6.33 Å². The van der Waals surface area contributed by atoms with E-state index in [-0.39, 0.29) is 0 Å². The Bertz CT molecular complexity index is 467. The first-order valence-electron chi connectivity index (χ1n) is 5.32. The average Bonchev–Trinajstić information content (AvgIpc) is 2.70. The first kappa shape index (κ1) is 10.8. The van der Waals surface area contributed by atoms with Crippen molar-refractivity contribution in [3.63, 3.8) is 0 Å². The molecule has 6 heteroatoms. The number of imidazole rings is 1. The number of rotatable bonds is 5. The molecule has 0 unspecified atom stereocenters. The summed E-state index contributed by atoms with van der Waals surface area (Å²) in [6.07, 6.45) is 4.13. The molecule has 0 saturated heterocycles. The van der Waals surface area contributed by atoms with Crippen LogP contribution in [0.5, 0.6) is 0 Å². The number of anilines is 1. The Morgan fingerprint density at radius 3 is 3.06 bits per heavy atom. The summed E-state index contributed by atoms with van der Waals surface area (Å²) < 4.78 is 7.24. The van der Waals surface area contributed by atoms with Gasteiger partial charge in [0.1, 0.15) is 11.8 Å². The molecule has 0 amide bonds. The number of nitrogen functional groups attached to an aromatic ring is 1. The molecule has 2 aromatic heterocycles. The van der Waals surface area contributed by atoms with Crippen molar-refractivity contribution in [1.82, 2.24) is 19.5 Å². The summed E-state index contributed by atoms with van der Waals surface area (Å²) in [6.45, 7) is 4.31. The molecule has 2 rings (SSSR count). The molecule has 2 aromatic rings. The lowest BCUT2D eigenvalue weighted by molar-refractivity contribution is 0.142. The van der Waals surface area contributed by atoms with E-state index < -0.39 is 0 Å². The van der Waals surface area contributed by atoms with Crippen LogP contribution in [-0.4, -0.2) is 32.7 Å². The second-order valence-corrected chi connectivity index (χ2v) is 3.42. The number of nitrogens with zero attached hydrogens (tertiary/aromatic N) is 4. The standard InChI is InChI=1S/C10H15N5O/c1-2-16-5-3-4-15-7-14-8-9(11)12-6-13-10(8)15/h6-7H,2-5H2,1H3,(H2,11,12,13). The molecule has 0 radical (unpaired) electrons. The minimum absolute atomic E-state index is 0.425. The van der Waals surface area contributed by atoms with E-state index in [0.29, 0.717) is 11.3 Å². The molecule has 6 nitrogen and oxygen atoms in total. The summed E-state index contributed by atoms with van der Waals surface area (Å²) >= 11 is 0.